The van der Waals surface area contributed by atoms with Gasteiger partial charge >= 0.3 is 0 Å². The monoisotopic (exact) mass is 296 g/mol. The van der Waals surface area contributed by atoms with Crippen molar-refractivity contribution in [2.75, 3.05) is 12.5 Å². The van der Waals surface area contributed by atoms with Crippen molar-refractivity contribution in [3.05, 3.63) is 48.0 Å². The molecule has 1 heterocycles. The second-order valence-electron chi connectivity index (χ2n) is 4.79. The fraction of sp³-hybridized carbons (Fsp3) is 0.125. The van der Waals surface area contributed by atoms with Gasteiger partial charge in [0.1, 0.15) is 11.5 Å². The van der Waals surface area contributed by atoms with Gasteiger partial charge in [0.25, 0.3) is 0 Å². The van der Waals surface area contributed by atoms with Crippen LogP contribution in [0.4, 0.5) is 5.95 Å². The number of phenols is 1. The van der Waals surface area contributed by atoms with Crippen molar-refractivity contribution in [2.45, 2.75) is 6.92 Å². The summed E-state index contributed by atoms with van der Waals surface area (Å²) < 4.78 is 5.06. The van der Waals surface area contributed by atoms with E-state index in [2.05, 4.69) is 20.5 Å². The Kier molecular flexibility index (Phi) is 3.65. The number of anilines is 1. The number of hydrogen-bond donors (Lipinski definition) is 3. The van der Waals surface area contributed by atoms with Crippen molar-refractivity contribution in [3.8, 4) is 11.5 Å². The lowest BCUT2D eigenvalue weighted by Crippen LogP contribution is -2.01. The quantitative estimate of drug-likeness (QED) is 0.510. The Morgan fingerprint density at radius 3 is 2.82 bits per heavy atom. The first-order valence-electron chi connectivity index (χ1n) is 6.80. The molecule has 6 nitrogen and oxygen atoms in total. The van der Waals surface area contributed by atoms with Crippen molar-refractivity contribution < 1.29 is 9.84 Å². The van der Waals surface area contributed by atoms with Crippen molar-refractivity contribution in [1.29, 1.82) is 0 Å². The second-order valence-corrected chi connectivity index (χ2v) is 4.79. The Bertz CT molecular complexity index is 806. The van der Waals surface area contributed by atoms with Crippen LogP contribution < -0.4 is 10.2 Å². The Hall–Kier alpha value is -3.02. The van der Waals surface area contributed by atoms with Crippen molar-refractivity contribution in [1.82, 2.24) is 9.97 Å². The lowest BCUT2D eigenvalue weighted by atomic mass is 10.1. The number of hydrogen-bond acceptors (Lipinski definition) is 5. The smallest absolute Gasteiger partial charge is 0.222 e. The molecular formula is C16H16N4O2. The van der Waals surface area contributed by atoms with Crippen molar-refractivity contribution in [3.63, 3.8) is 0 Å². The number of phenolic OH excluding ortho intramolecular Hbond substituents is 1. The van der Waals surface area contributed by atoms with Gasteiger partial charge in [-0.3, -0.25) is 0 Å². The first-order chi connectivity index (χ1) is 10.7. The zero-order chi connectivity index (χ0) is 15.5. The molecule has 6 heteroatoms. The molecule has 0 saturated heterocycles. The minimum atomic E-state index is 0.118. The summed E-state index contributed by atoms with van der Waals surface area (Å²) in [4.78, 5) is 7.50. The molecule has 0 unspecified atom stereocenters. The molecule has 0 bridgehead atoms. The predicted molar refractivity (Wildman–Crippen MR) is 86.6 cm³/mol. The minimum absolute atomic E-state index is 0.118. The van der Waals surface area contributed by atoms with Crippen LogP contribution in [0.3, 0.4) is 0 Å². The number of nitrogens with one attached hydrogen (secondary N) is 2. The maximum atomic E-state index is 9.99. The average molecular weight is 296 g/mol. The number of fused-ring (bicyclic) bond motifs is 1. The zero-order valence-electron chi connectivity index (χ0n) is 12.3. The predicted octanol–water partition coefficient (Wildman–Crippen LogP) is 3.11. The highest BCUT2D eigenvalue weighted by molar-refractivity contribution is 6.01. The number of H-pyrrole nitrogens is 1. The maximum Gasteiger partial charge on any atom is 0.222 e. The number of rotatable bonds is 4. The molecule has 0 saturated carbocycles. The minimum Gasteiger partial charge on any atom is -0.507 e. The summed E-state index contributed by atoms with van der Waals surface area (Å²) >= 11 is 0. The molecule has 1 aromatic heterocycles. The maximum absolute atomic E-state index is 9.99. The number of benzene rings is 2. The molecule has 0 aliphatic heterocycles. The zero-order valence-corrected chi connectivity index (χ0v) is 12.3. The second kappa shape index (κ2) is 5.77. The van der Waals surface area contributed by atoms with Crippen LogP contribution in [0.1, 0.15) is 12.5 Å². The summed E-state index contributed by atoms with van der Waals surface area (Å²) in [7, 11) is 1.55. The summed E-state index contributed by atoms with van der Waals surface area (Å²) in [6.45, 7) is 1.80. The molecule has 112 valence electrons. The topological polar surface area (TPSA) is 82.5 Å². The number of aromatic nitrogens is 2. The average Bonchev–Trinajstić information content (AvgIpc) is 2.95. The third-order valence-corrected chi connectivity index (χ3v) is 3.31. The van der Waals surface area contributed by atoms with Crippen molar-refractivity contribution in [2.24, 2.45) is 5.10 Å². The Morgan fingerprint density at radius 2 is 2.09 bits per heavy atom. The summed E-state index contributed by atoms with van der Waals surface area (Å²) in [5.41, 5.74) is 5.94. The number of hydrazone groups is 1. The van der Waals surface area contributed by atoms with Crippen LogP contribution in [0.25, 0.3) is 11.0 Å². The van der Waals surface area contributed by atoms with E-state index in [9.17, 15) is 5.11 Å². The first kappa shape index (κ1) is 13.9. The number of aromatic hydroxyl groups is 1. The van der Waals surface area contributed by atoms with Gasteiger partial charge in [-0.1, -0.05) is 12.1 Å². The SMILES string of the molecule is COc1ccc(/C(C)=N/Nc2nc3ccccc3[nH]2)c(O)c1. The summed E-state index contributed by atoms with van der Waals surface area (Å²) in [6, 6.07) is 12.8. The summed E-state index contributed by atoms with van der Waals surface area (Å²) in [5.74, 6) is 1.26. The van der Waals surface area contributed by atoms with E-state index in [4.69, 9.17) is 4.74 Å². The Balaban J connectivity index is 1.82. The van der Waals surface area contributed by atoms with E-state index in [-0.39, 0.29) is 5.75 Å². The molecule has 0 aliphatic carbocycles. The summed E-state index contributed by atoms with van der Waals surface area (Å²) in [5, 5.41) is 14.2. The standard InChI is InChI=1S/C16H16N4O2/c1-10(12-8-7-11(22-2)9-15(12)21)19-20-16-17-13-5-3-4-6-14(13)18-16/h3-9,21H,1-2H3,(H2,17,18,20)/b19-10+. The van der Waals surface area contributed by atoms with E-state index in [0.29, 0.717) is 23.0 Å². The van der Waals surface area contributed by atoms with Gasteiger partial charge in [-0.2, -0.15) is 5.10 Å². The van der Waals surface area contributed by atoms with E-state index in [1.807, 2.05) is 24.3 Å². The first-order valence-corrected chi connectivity index (χ1v) is 6.80. The summed E-state index contributed by atoms with van der Waals surface area (Å²) in [6.07, 6.45) is 0. The van der Waals surface area contributed by atoms with Gasteiger partial charge in [0, 0.05) is 11.6 Å². The largest absolute Gasteiger partial charge is 0.507 e. The van der Waals surface area contributed by atoms with Crippen LogP contribution in [0, 0.1) is 0 Å². The van der Waals surface area contributed by atoms with E-state index < -0.39 is 0 Å². The van der Waals surface area contributed by atoms with Gasteiger partial charge < -0.3 is 14.8 Å². The van der Waals surface area contributed by atoms with E-state index in [0.717, 1.165) is 11.0 Å². The number of aromatic amines is 1. The highest BCUT2D eigenvalue weighted by atomic mass is 16.5. The molecule has 3 aromatic rings. The van der Waals surface area contributed by atoms with Crippen LogP contribution in [-0.2, 0) is 0 Å². The van der Waals surface area contributed by atoms with Crippen LogP contribution in [0.2, 0.25) is 0 Å². The van der Waals surface area contributed by atoms with Gasteiger partial charge in [0.15, 0.2) is 0 Å². The molecule has 0 amide bonds. The van der Waals surface area contributed by atoms with E-state index in [1.54, 1.807) is 32.2 Å². The van der Waals surface area contributed by atoms with Gasteiger partial charge in [-0.05, 0) is 31.2 Å². The van der Waals surface area contributed by atoms with E-state index in [1.165, 1.54) is 0 Å². The van der Waals surface area contributed by atoms with Gasteiger partial charge in [0.05, 0.1) is 23.9 Å². The van der Waals surface area contributed by atoms with Crippen LogP contribution in [0.15, 0.2) is 47.6 Å². The number of methoxy groups -OCH3 is 1. The number of para-hydroxylation sites is 2. The van der Waals surface area contributed by atoms with E-state index >= 15 is 0 Å². The third-order valence-electron chi connectivity index (χ3n) is 3.31. The number of ether oxygens (including phenoxy) is 1. The highest BCUT2D eigenvalue weighted by Crippen LogP contribution is 2.24. The fourth-order valence-corrected chi connectivity index (χ4v) is 2.15. The molecule has 0 aliphatic rings. The van der Waals surface area contributed by atoms with Crippen LogP contribution in [0.5, 0.6) is 11.5 Å². The normalized spacial score (nSPS) is 11.6. The molecule has 0 atom stereocenters. The van der Waals surface area contributed by atoms with Gasteiger partial charge in [0.2, 0.25) is 5.95 Å². The fourth-order valence-electron chi connectivity index (χ4n) is 2.15. The lowest BCUT2D eigenvalue weighted by molar-refractivity contribution is 0.407. The number of nitrogens with zero attached hydrogens (tertiary/aromatic N) is 2. The third kappa shape index (κ3) is 2.71. The molecule has 22 heavy (non-hydrogen) atoms. The Labute approximate surface area is 127 Å². The van der Waals surface area contributed by atoms with Gasteiger partial charge in [-0.25, -0.2) is 10.4 Å². The van der Waals surface area contributed by atoms with Crippen LogP contribution in [-0.4, -0.2) is 27.9 Å². The molecule has 3 N–H and O–H groups in total. The lowest BCUT2D eigenvalue weighted by Gasteiger charge is -2.06. The highest BCUT2D eigenvalue weighted by Gasteiger charge is 2.07. The van der Waals surface area contributed by atoms with Crippen molar-refractivity contribution >= 4 is 22.7 Å². The van der Waals surface area contributed by atoms with Gasteiger partial charge in [-0.15, -0.1) is 0 Å². The molecule has 2 aromatic carbocycles. The Morgan fingerprint density at radius 1 is 1.27 bits per heavy atom. The van der Waals surface area contributed by atoms with Crippen LogP contribution >= 0.6 is 0 Å². The molecule has 0 radical (unpaired) electrons. The molecule has 3 rings (SSSR count). The molecule has 0 spiro atoms. The molecular weight excluding hydrogens is 280 g/mol. The number of imidazole rings is 1. The molecule has 0 fully saturated rings.